The number of amides is 3. The first kappa shape index (κ1) is 39.0. The van der Waals surface area contributed by atoms with E-state index in [0.717, 1.165) is 102 Å². The highest BCUT2D eigenvalue weighted by Crippen LogP contribution is 2.32. The number of benzene rings is 2. The van der Waals surface area contributed by atoms with Gasteiger partial charge in [0.15, 0.2) is 5.82 Å². The van der Waals surface area contributed by atoms with Crippen molar-refractivity contribution in [2.24, 2.45) is 5.92 Å². The van der Waals surface area contributed by atoms with Crippen molar-refractivity contribution in [2.75, 3.05) is 59.7 Å². The summed E-state index contributed by atoms with van der Waals surface area (Å²) in [6, 6.07) is 13.1. The van der Waals surface area contributed by atoms with Crippen LogP contribution in [0.4, 0.5) is 31.8 Å². The molecule has 1 aliphatic carbocycles. The van der Waals surface area contributed by atoms with Crippen LogP contribution in [0.2, 0.25) is 0 Å². The Kier molecular flexibility index (Phi) is 12.1. The zero-order chi connectivity index (χ0) is 39.3. The fraction of sp³-hybridized carbons (Fsp3) is 0.558. The summed E-state index contributed by atoms with van der Waals surface area (Å²) in [5, 5.41) is 12.2. The van der Waals surface area contributed by atoms with Crippen LogP contribution in [0.25, 0.3) is 11.3 Å². The molecule has 0 radical (unpaired) electrons. The predicted octanol–water partition coefficient (Wildman–Crippen LogP) is 5.85. The van der Waals surface area contributed by atoms with Crippen molar-refractivity contribution in [2.45, 2.75) is 108 Å². The van der Waals surface area contributed by atoms with Crippen LogP contribution in [0.3, 0.4) is 0 Å². The van der Waals surface area contributed by atoms with Gasteiger partial charge in [-0.15, -0.1) is 0 Å². The molecule has 0 bridgehead atoms. The van der Waals surface area contributed by atoms with Gasteiger partial charge in [0.05, 0.1) is 11.9 Å². The lowest BCUT2D eigenvalue weighted by Crippen LogP contribution is -2.50. The van der Waals surface area contributed by atoms with Gasteiger partial charge in [0.2, 0.25) is 23.7 Å². The van der Waals surface area contributed by atoms with Gasteiger partial charge in [-0.2, -0.15) is 0 Å². The topological polar surface area (TPSA) is 135 Å². The van der Waals surface area contributed by atoms with E-state index in [0.29, 0.717) is 35.5 Å². The van der Waals surface area contributed by atoms with Gasteiger partial charge in [-0.1, -0.05) is 12.1 Å². The number of nitrogens with zero attached hydrogens (tertiary/aromatic N) is 5. The summed E-state index contributed by atoms with van der Waals surface area (Å²) in [4.78, 5) is 52.7. The largest absolute Gasteiger partial charge is 0.374 e. The number of aromatic nitrogens is 2. The Morgan fingerprint density at radius 1 is 0.754 bits per heavy atom. The maximum atomic E-state index is 15.2. The van der Waals surface area contributed by atoms with Gasteiger partial charge < -0.3 is 30.7 Å². The first-order valence-corrected chi connectivity index (χ1v) is 21.1. The zero-order valence-electron chi connectivity index (χ0n) is 32.7. The summed E-state index contributed by atoms with van der Waals surface area (Å²) in [6.07, 6.45) is 12.5. The van der Waals surface area contributed by atoms with E-state index >= 15 is 4.39 Å². The third-order valence-electron chi connectivity index (χ3n) is 12.7. The van der Waals surface area contributed by atoms with Crippen molar-refractivity contribution in [1.82, 2.24) is 25.5 Å². The number of halogens is 2. The molecule has 3 aromatic rings. The molecule has 1 atom stereocenters. The molecular weight excluding hydrogens is 729 g/mol. The maximum absolute atomic E-state index is 15.2. The third kappa shape index (κ3) is 9.48. The quantitative estimate of drug-likeness (QED) is 0.186. The Morgan fingerprint density at radius 3 is 2.25 bits per heavy atom. The number of piperidine rings is 4. The normalized spacial score (nSPS) is 24.2. The number of carbonyl (C=O) groups is 3. The van der Waals surface area contributed by atoms with Gasteiger partial charge in [-0.3, -0.25) is 19.7 Å². The van der Waals surface area contributed by atoms with E-state index in [1.54, 1.807) is 12.1 Å². The summed E-state index contributed by atoms with van der Waals surface area (Å²) in [6.45, 7) is 5.31. The third-order valence-corrected chi connectivity index (χ3v) is 12.7. The lowest BCUT2D eigenvalue weighted by Gasteiger charge is -2.42. The highest BCUT2D eigenvalue weighted by atomic mass is 19.1. The van der Waals surface area contributed by atoms with Crippen LogP contribution >= 0.6 is 0 Å². The number of nitrogens with one attached hydrogen (secondary N) is 4. The second kappa shape index (κ2) is 17.7. The average Bonchev–Trinajstić information content (AvgIpc) is 3.24. The molecule has 12 nitrogen and oxygen atoms in total. The van der Waals surface area contributed by atoms with Crippen LogP contribution < -0.4 is 31.1 Å². The van der Waals surface area contributed by atoms with Crippen LogP contribution in [0, 0.1) is 17.6 Å². The smallest absolute Gasteiger partial charge is 0.249 e. The molecule has 5 heterocycles. The Hall–Kier alpha value is -4.85. The van der Waals surface area contributed by atoms with E-state index in [2.05, 4.69) is 52.0 Å². The van der Waals surface area contributed by atoms with Crippen LogP contribution in [0.1, 0.15) is 83.5 Å². The number of rotatable bonds is 10. The standard InChI is InChI=1S/C43H55F2N9O3/c44-35-26-32(47-37-12-14-39(55)50-42(37)57)11-13-38(35)54-23-17-33(18-24-54)53-21-15-28(16-22-53)41(56)48-30-7-9-31(10-8-30)49-43-46-27-36(45)40(51-43)29-5-4-6-34(25-29)52-19-2-1-3-20-52/h4-6,11,13,25-28,30-31,33,37,47H,1-3,7-10,12,14-24H2,(H,48,56)(H,46,49,51)(H,50,55,57). The molecule has 304 valence electrons. The highest BCUT2D eigenvalue weighted by Gasteiger charge is 2.33. The van der Waals surface area contributed by atoms with E-state index in [4.69, 9.17) is 0 Å². The van der Waals surface area contributed by atoms with Gasteiger partial charge in [0.25, 0.3) is 0 Å². The minimum atomic E-state index is -0.555. The molecule has 57 heavy (non-hydrogen) atoms. The highest BCUT2D eigenvalue weighted by molar-refractivity contribution is 6.01. The Bertz CT molecular complexity index is 1900. The van der Waals surface area contributed by atoms with Crippen molar-refractivity contribution < 1.29 is 23.2 Å². The number of hydrogen-bond donors (Lipinski definition) is 4. The van der Waals surface area contributed by atoms with Crippen LogP contribution in [-0.4, -0.2) is 96.0 Å². The summed E-state index contributed by atoms with van der Waals surface area (Å²) in [5.41, 5.74) is 3.25. The molecule has 3 amide bonds. The van der Waals surface area contributed by atoms with E-state index in [9.17, 15) is 18.8 Å². The Balaban J connectivity index is 0.750. The maximum Gasteiger partial charge on any atom is 0.249 e. The average molecular weight is 784 g/mol. The molecule has 1 unspecified atom stereocenters. The SMILES string of the molecule is O=C1CCC(Nc2ccc(N3CCC(N4CCC(C(=O)NC5CCC(Nc6ncc(F)c(-c7cccc(N8CCCCC8)c7)n6)CC5)CC4)CC3)c(F)c2)C(=O)N1. The number of carbonyl (C=O) groups excluding carboxylic acids is 3. The second-order valence-electron chi connectivity index (χ2n) is 16.5. The number of likely N-dealkylation sites (tertiary alicyclic amines) is 1. The molecule has 4 N–H and O–H groups in total. The zero-order valence-corrected chi connectivity index (χ0v) is 32.7. The van der Waals surface area contributed by atoms with Crippen LogP contribution in [-0.2, 0) is 14.4 Å². The van der Waals surface area contributed by atoms with E-state index in [1.807, 2.05) is 18.2 Å². The summed E-state index contributed by atoms with van der Waals surface area (Å²) in [7, 11) is 0. The summed E-state index contributed by atoms with van der Waals surface area (Å²) < 4.78 is 30.2. The minimum Gasteiger partial charge on any atom is -0.374 e. The van der Waals surface area contributed by atoms with E-state index in [-0.39, 0.29) is 48.0 Å². The molecular formula is C43H55F2N9O3. The molecule has 5 fully saturated rings. The Morgan fingerprint density at radius 2 is 1.51 bits per heavy atom. The van der Waals surface area contributed by atoms with Gasteiger partial charge in [0.1, 0.15) is 17.6 Å². The second-order valence-corrected chi connectivity index (χ2v) is 16.5. The van der Waals surface area contributed by atoms with Gasteiger partial charge in [0, 0.05) is 73.6 Å². The number of imide groups is 1. The first-order chi connectivity index (χ1) is 27.8. The number of hydrogen-bond acceptors (Lipinski definition) is 10. The van der Waals surface area contributed by atoms with Crippen molar-refractivity contribution in [3.63, 3.8) is 0 Å². The van der Waals surface area contributed by atoms with Crippen molar-refractivity contribution >= 4 is 40.7 Å². The Labute approximate surface area is 333 Å². The lowest BCUT2D eigenvalue weighted by molar-refractivity contribution is -0.133. The minimum absolute atomic E-state index is 0.0121. The monoisotopic (exact) mass is 783 g/mol. The summed E-state index contributed by atoms with van der Waals surface area (Å²) >= 11 is 0. The summed E-state index contributed by atoms with van der Waals surface area (Å²) in [5.74, 6) is -0.822. The molecule has 14 heteroatoms. The molecule has 1 aromatic heterocycles. The van der Waals surface area contributed by atoms with E-state index in [1.165, 1.54) is 31.5 Å². The molecule has 0 spiro atoms. The van der Waals surface area contributed by atoms with Gasteiger partial charge >= 0.3 is 0 Å². The van der Waals surface area contributed by atoms with Gasteiger partial charge in [-0.05, 0) is 120 Å². The molecule has 2 aromatic carbocycles. The number of anilines is 4. The van der Waals surface area contributed by atoms with Gasteiger partial charge in [-0.25, -0.2) is 18.7 Å². The molecule has 4 saturated heterocycles. The van der Waals surface area contributed by atoms with Crippen LogP contribution in [0.15, 0.2) is 48.7 Å². The molecule has 8 rings (SSSR count). The van der Waals surface area contributed by atoms with Crippen molar-refractivity contribution in [3.8, 4) is 11.3 Å². The fourth-order valence-electron chi connectivity index (χ4n) is 9.41. The molecule has 4 aliphatic heterocycles. The van der Waals surface area contributed by atoms with Crippen molar-refractivity contribution in [1.29, 1.82) is 0 Å². The van der Waals surface area contributed by atoms with E-state index < -0.39 is 11.9 Å². The fourth-order valence-corrected chi connectivity index (χ4v) is 9.41. The predicted molar refractivity (Wildman–Crippen MR) is 217 cm³/mol. The lowest BCUT2D eigenvalue weighted by atomic mass is 9.89. The first-order valence-electron chi connectivity index (χ1n) is 21.1. The molecule has 5 aliphatic rings. The molecule has 1 saturated carbocycles. The van der Waals surface area contributed by atoms with Crippen LogP contribution in [0.5, 0.6) is 0 Å². The van der Waals surface area contributed by atoms with Crippen molar-refractivity contribution in [3.05, 3.63) is 60.3 Å².